The van der Waals surface area contributed by atoms with Crippen molar-refractivity contribution in [3.8, 4) is 0 Å². The lowest BCUT2D eigenvalue weighted by atomic mass is 10.0. The summed E-state index contributed by atoms with van der Waals surface area (Å²) in [4.78, 5) is 37.9. The maximum Gasteiger partial charge on any atom is 0.306 e. The van der Waals surface area contributed by atoms with E-state index in [4.69, 9.17) is 14.2 Å². The van der Waals surface area contributed by atoms with Gasteiger partial charge in [0.05, 0.1) is 0 Å². The molecule has 412 valence electrons. The van der Waals surface area contributed by atoms with Gasteiger partial charge in [-0.1, -0.05) is 302 Å². The highest BCUT2D eigenvalue weighted by Gasteiger charge is 2.19. The third-order valence-electron chi connectivity index (χ3n) is 14.2. The van der Waals surface area contributed by atoms with E-state index in [-0.39, 0.29) is 31.1 Å². The zero-order valence-corrected chi connectivity index (χ0v) is 47.3. The van der Waals surface area contributed by atoms with Crippen LogP contribution in [-0.2, 0) is 28.6 Å². The van der Waals surface area contributed by atoms with Gasteiger partial charge in [-0.15, -0.1) is 0 Å². The lowest BCUT2D eigenvalue weighted by Gasteiger charge is -2.18. The van der Waals surface area contributed by atoms with Crippen molar-refractivity contribution in [2.24, 2.45) is 0 Å². The summed E-state index contributed by atoms with van der Waals surface area (Å²) in [7, 11) is 0. The standard InChI is InChI=1S/C64H120O6/c1-4-7-10-13-16-19-21-22-23-24-25-26-27-28-29-30-31-32-33-34-35-36-37-38-39-40-41-42-43-46-48-51-54-57-63(66)69-60-61(59-68-62(65)56-53-50-47-44-18-15-12-9-6-3)70-64(67)58-55-52-49-45-20-17-14-11-8-5-2/h21-22,24-25,61H,4-20,23,26-60H2,1-3H3/b22-21-,25-24-. The molecule has 0 aliphatic heterocycles. The summed E-state index contributed by atoms with van der Waals surface area (Å²) >= 11 is 0. The van der Waals surface area contributed by atoms with Gasteiger partial charge < -0.3 is 14.2 Å². The van der Waals surface area contributed by atoms with Crippen LogP contribution >= 0.6 is 0 Å². The molecule has 0 saturated heterocycles. The van der Waals surface area contributed by atoms with Crippen LogP contribution in [0.2, 0.25) is 0 Å². The molecule has 0 aromatic carbocycles. The Bertz CT molecular complexity index is 1130. The van der Waals surface area contributed by atoms with Gasteiger partial charge in [-0.2, -0.15) is 0 Å². The Kier molecular flexibility index (Phi) is 57.7. The fourth-order valence-electron chi connectivity index (χ4n) is 9.48. The molecule has 0 heterocycles. The first-order chi connectivity index (χ1) is 34.5. The molecule has 70 heavy (non-hydrogen) atoms. The van der Waals surface area contributed by atoms with Crippen LogP contribution in [0.1, 0.15) is 348 Å². The van der Waals surface area contributed by atoms with Crippen LogP contribution in [0.5, 0.6) is 0 Å². The van der Waals surface area contributed by atoms with Crippen molar-refractivity contribution in [1.29, 1.82) is 0 Å². The Hall–Kier alpha value is -2.11. The van der Waals surface area contributed by atoms with Gasteiger partial charge in [-0.05, 0) is 51.4 Å². The quantitative estimate of drug-likeness (QED) is 0.0261. The molecule has 0 saturated carbocycles. The lowest BCUT2D eigenvalue weighted by molar-refractivity contribution is -0.167. The van der Waals surface area contributed by atoms with Crippen LogP contribution in [-0.4, -0.2) is 37.2 Å². The van der Waals surface area contributed by atoms with Gasteiger partial charge in [0.1, 0.15) is 13.2 Å². The third-order valence-corrected chi connectivity index (χ3v) is 14.2. The highest BCUT2D eigenvalue weighted by molar-refractivity contribution is 5.71. The van der Waals surface area contributed by atoms with Gasteiger partial charge in [0.2, 0.25) is 0 Å². The smallest absolute Gasteiger partial charge is 0.306 e. The zero-order chi connectivity index (χ0) is 50.7. The molecule has 0 amide bonds. The van der Waals surface area contributed by atoms with E-state index >= 15 is 0 Å². The molecule has 1 unspecified atom stereocenters. The van der Waals surface area contributed by atoms with Gasteiger partial charge in [0.25, 0.3) is 0 Å². The number of rotatable bonds is 58. The van der Waals surface area contributed by atoms with E-state index in [0.29, 0.717) is 19.3 Å². The number of ether oxygens (including phenoxy) is 3. The predicted molar refractivity (Wildman–Crippen MR) is 303 cm³/mol. The summed E-state index contributed by atoms with van der Waals surface area (Å²) in [6.07, 6.45) is 70.8. The van der Waals surface area contributed by atoms with Gasteiger partial charge in [-0.3, -0.25) is 14.4 Å². The van der Waals surface area contributed by atoms with E-state index < -0.39 is 6.10 Å². The first-order valence-corrected chi connectivity index (χ1v) is 31.3. The molecule has 0 fully saturated rings. The Morgan fingerprint density at radius 2 is 0.514 bits per heavy atom. The first-order valence-electron chi connectivity index (χ1n) is 31.3. The second-order valence-electron chi connectivity index (χ2n) is 21.3. The monoisotopic (exact) mass is 985 g/mol. The molecular weight excluding hydrogens is 865 g/mol. The van der Waals surface area contributed by atoms with Gasteiger partial charge in [0.15, 0.2) is 6.10 Å². The van der Waals surface area contributed by atoms with Crippen molar-refractivity contribution in [2.75, 3.05) is 13.2 Å². The zero-order valence-electron chi connectivity index (χ0n) is 47.3. The largest absolute Gasteiger partial charge is 0.462 e. The van der Waals surface area contributed by atoms with Gasteiger partial charge in [0, 0.05) is 19.3 Å². The number of hydrogen-bond donors (Lipinski definition) is 0. The van der Waals surface area contributed by atoms with E-state index in [0.717, 1.165) is 64.2 Å². The molecule has 0 N–H and O–H groups in total. The van der Waals surface area contributed by atoms with E-state index in [1.165, 1.54) is 244 Å². The van der Waals surface area contributed by atoms with Crippen LogP contribution in [0, 0.1) is 0 Å². The van der Waals surface area contributed by atoms with Crippen LogP contribution in [0.4, 0.5) is 0 Å². The number of hydrogen-bond acceptors (Lipinski definition) is 6. The molecule has 6 nitrogen and oxygen atoms in total. The van der Waals surface area contributed by atoms with Crippen LogP contribution in [0.15, 0.2) is 24.3 Å². The van der Waals surface area contributed by atoms with E-state index in [9.17, 15) is 14.4 Å². The van der Waals surface area contributed by atoms with Crippen LogP contribution in [0.25, 0.3) is 0 Å². The maximum atomic E-state index is 12.8. The van der Waals surface area contributed by atoms with Crippen molar-refractivity contribution >= 4 is 17.9 Å². The molecule has 0 spiro atoms. The number of esters is 3. The number of allylic oxidation sites excluding steroid dienone is 4. The maximum absolute atomic E-state index is 12.8. The second kappa shape index (κ2) is 59.5. The average molecular weight is 986 g/mol. The molecular formula is C64H120O6. The van der Waals surface area contributed by atoms with Gasteiger partial charge in [-0.25, -0.2) is 0 Å². The number of carbonyl (C=O) groups excluding carboxylic acids is 3. The highest BCUT2D eigenvalue weighted by Crippen LogP contribution is 2.18. The summed E-state index contributed by atoms with van der Waals surface area (Å²) < 4.78 is 16.8. The van der Waals surface area contributed by atoms with E-state index in [2.05, 4.69) is 45.1 Å². The molecule has 0 aromatic rings. The Labute approximate surface area is 436 Å². The first kappa shape index (κ1) is 67.9. The Morgan fingerprint density at radius 3 is 0.786 bits per heavy atom. The summed E-state index contributed by atoms with van der Waals surface area (Å²) in [5.74, 6) is -0.848. The minimum absolute atomic E-state index is 0.0643. The number of unbranched alkanes of at least 4 members (excludes halogenated alkanes) is 43. The van der Waals surface area contributed by atoms with Crippen molar-refractivity contribution in [3.63, 3.8) is 0 Å². The van der Waals surface area contributed by atoms with Gasteiger partial charge >= 0.3 is 17.9 Å². The normalized spacial score (nSPS) is 12.1. The Morgan fingerprint density at radius 1 is 0.286 bits per heavy atom. The van der Waals surface area contributed by atoms with E-state index in [1.54, 1.807) is 0 Å². The van der Waals surface area contributed by atoms with E-state index in [1.807, 2.05) is 0 Å². The topological polar surface area (TPSA) is 78.9 Å². The average Bonchev–Trinajstić information content (AvgIpc) is 3.36. The molecule has 0 aliphatic carbocycles. The summed E-state index contributed by atoms with van der Waals surface area (Å²) in [5.41, 5.74) is 0. The molecule has 6 heteroatoms. The predicted octanol–water partition coefficient (Wildman–Crippen LogP) is 21.1. The van der Waals surface area contributed by atoms with Crippen molar-refractivity contribution in [1.82, 2.24) is 0 Å². The second-order valence-corrected chi connectivity index (χ2v) is 21.3. The summed E-state index contributed by atoms with van der Waals surface area (Å²) in [6.45, 7) is 6.64. The molecule has 1 atom stereocenters. The molecule has 0 aliphatic rings. The van der Waals surface area contributed by atoms with Crippen molar-refractivity contribution < 1.29 is 28.6 Å². The molecule has 0 radical (unpaired) electrons. The molecule has 0 rings (SSSR count). The van der Waals surface area contributed by atoms with Crippen molar-refractivity contribution in [3.05, 3.63) is 24.3 Å². The summed E-state index contributed by atoms with van der Waals surface area (Å²) in [5, 5.41) is 0. The fraction of sp³-hybridized carbons (Fsp3) is 0.891. The fourth-order valence-corrected chi connectivity index (χ4v) is 9.48. The SMILES string of the molecule is CCCCCCC/C=C\C/C=C\CCCCCCCCCCCCCCCCCCCCCCCC(=O)OCC(COC(=O)CCCCCCCCCCC)OC(=O)CCCCCCCCCCCC. The Balaban J connectivity index is 3.91. The molecule has 0 aromatic heterocycles. The number of carbonyl (C=O) groups is 3. The lowest BCUT2D eigenvalue weighted by Crippen LogP contribution is -2.30. The molecule has 0 bridgehead atoms. The third kappa shape index (κ3) is 56.8. The minimum Gasteiger partial charge on any atom is -0.462 e. The van der Waals surface area contributed by atoms with Crippen LogP contribution in [0.3, 0.4) is 0 Å². The summed E-state index contributed by atoms with van der Waals surface area (Å²) in [6, 6.07) is 0. The van der Waals surface area contributed by atoms with Crippen LogP contribution < -0.4 is 0 Å². The highest BCUT2D eigenvalue weighted by atomic mass is 16.6. The minimum atomic E-state index is -0.762. The van der Waals surface area contributed by atoms with Crippen molar-refractivity contribution in [2.45, 2.75) is 354 Å².